The zero-order valence-corrected chi connectivity index (χ0v) is 7.72. The lowest BCUT2D eigenvalue weighted by Gasteiger charge is -2.07. The number of halogens is 1. The monoisotopic (exact) mass is 200 g/mol. The highest BCUT2D eigenvalue weighted by Crippen LogP contribution is 2.33. The number of phenols is 1. The topological polar surface area (TPSA) is 75.4 Å². The molecule has 0 spiro atoms. The number of carbonyl (C=O) groups excluding carboxylic acids is 1. The Labute approximate surface area is 80.3 Å². The van der Waals surface area contributed by atoms with Gasteiger partial charge in [-0.1, -0.05) is 11.6 Å². The second-order valence-corrected chi connectivity index (χ2v) is 2.99. The Morgan fingerprint density at radius 1 is 1.62 bits per heavy atom. The van der Waals surface area contributed by atoms with Crippen LogP contribution in [0.15, 0.2) is 12.1 Å². The van der Waals surface area contributed by atoms with Gasteiger partial charge in [-0.2, -0.15) is 0 Å². The van der Waals surface area contributed by atoms with Crippen LogP contribution < -0.4 is 11.1 Å². The van der Waals surface area contributed by atoms with E-state index < -0.39 is 0 Å². The number of nitrogens with one attached hydrogen (secondary N) is 1. The second-order valence-electron chi connectivity index (χ2n) is 2.58. The molecule has 0 unspecified atom stereocenters. The van der Waals surface area contributed by atoms with E-state index in [9.17, 15) is 9.90 Å². The number of hydrogen-bond acceptors (Lipinski definition) is 3. The molecule has 1 rings (SSSR count). The summed E-state index contributed by atoms with van der Waals surface area (Å²) >= 11 is 5.62. The number of amides is 1. The molecular formula is C8H9ClN2O2. The van der Waals surface area contributed by atoms with Gasteiger partial charge >= 0.3 is 0 Å². The molecule has 0 saturated carbocycles. The molecule has 0 aliphatic heterocycles. The first kappa shape index (κ1) is 9.67. The van der Waals surface area contributed by atoms with Gasteiger partial charge in [-0.15, -0.1) is 0 Å². The summed E-state index contributed by atoms with van der Waals surface area (Å²) in [5.41, 5.74) is 6.06. The number of nitrogens with two attached hydrogens (primary N) is 1. The Morgan fingerprint density at radius 3 is 2.77 bits per heavy atom. The van der Waals surface area contributed by atoms with Gasteiger partial charge in [-0.3, -0.25) is 4.79 Å². The highest BCUT2D eigenvalue weighted by atomic mass is 35.5. The zero-order valence-electron chi connectivity index (χ0n) is 6.97. The van der Waals surface area contributed by atoms with E-state index in [-0.39, 0.29) is 22.4 Å². The molecular weight excluding hydrogens is 192 g/mol. The average molecular weight is 201 g/mol. The largest absolute Gasteiger partial charge is 0.504 e. The van der Waals surface area contributed by atoms with Gasteiger partial charge in [-0.25, -0.2) is 0 Å². The Bertz CT molecular complexity index is 352. The van der Waals surface area contributed by atoms with Gasteiger partial charge in [0, 0.05) is 12.6 Å². The number of carbonyl (C=O) groups is 1. The van der Waals surface area contributed by atoms with E-state index >= 15 is 0 Å². The summed E-state index contributed by atoms with van der Waals surface area (Å²) in [7, 11) is 0. The highest BCUT2D eigenvalue weighted by molar-refractivity contribution is 6.32. The molecule has 0 aliphatic rings. The lowest BCUT2D eigenvalue weighted by Crippen LogP contribution is -2.06. The fourth-order valence-electron chi connectivity index (χ4n) is 0.905. The molecule has 1 aromatic carbocycles. The molecule has 0 fully saturated rings. The second kappa shape index (κ2) is 3.53. The number of benzene rings is 1. The van der Waals surface area contributed by atoms with E-state index in [4.69, 9.17) is 17.3 Å². The Balaban J connectivity index is 3.12. The smallest absolute Gasteiger partial charge is 0.221 e. The molecule has 0 bridgehead atoms. The third kappa shape index (κ3) is 2.26. The van der Waals surface area contributed by atoms with Crippen molar-refractivity contribution in [3.05, 3.63) is 17.2 Å². The summed E-state index contributed by atoms with van der Waals surface area (Å²) in [6.07, 6.45) is 0. The standard InChI is InChI=1S/C8H9ClN2O2/c1-4(12)11-7-3-5(10)2-6(9)8(7)13/h2-3,13H,10H2,1H3,(H,11,12). The summed E-state index contributed by atoms with van der Waals surface area (Å²) in [5, 5.41) is 11.9. The van der Waals surface area contributed by atoms with Crippen LogP contribution in [0.5, 0.6) is 5.75 Å². The van der Waals surface area contributed by atoms with Crippen LogP contribution in [0.25, 0.3) is 0 Å². The number of hydrogen-bond donors (Lipinski definition) is 3. The molecule has 0 heterocycles. The summed E-state index contributed by atoms with van der Waals surface area (Å²) < 4.78 is 0. The first-order chi connectivity index (χ1) is 6.00. The Kier molecular flexibility index (Phi) is 2.63. The lowest BCUT2D eigenvalue weighted by molar-refractivity contribution is -0.114. The third-order valence-electron chi connectivity index (χ3n) is 1.40. The molecule has 1 amide bonds. The number of phenolic OH excluding ortho intramolecular Hbond substituents is 1. The first-order valence-electron chi connectivity index (χ1n) is 3.56. The predicted molar refractivity (Wildman–Crippen MR) is 51.8 cm³/mol. The van der Waals surface area contributed by atoms with E-state index in [1.54, 1.807) is 0 Å². The van der Waals surface area contributed by atoms with E-state index in [0.717, 1.165) is 0 Å². The van der Waals surface area contributed by atoms with Crippen LogP contribution >= 0.6 is 11.6 Å². The molecule has 4 N–H and O–H groups in total. The fraction of sp³-hybridized carbons (Fsp3) is 0.125. The number of rotatable bonds is 1. The Hall–Kier alpha value is -1.42. The molecule has 1 aromatic rings. The fourth-order valence-corrected chi connectivity index (χ4v) is 1.13. The number of anilines is 2. The summed E-state index contributed by atoms with van der Waals surface area (Å²) in [4.78, 5) is 10.7. The van der Waals surface area contributed by atoms with Crippen LogP contribution in [0.4, 0.5) is 11.4 Å². The van der Waals surface area contributed by atoms with Crippen molar-refractivity contribution >= 4 is 28.9 Å². The normalized spacial score (nSPS) is 9.69. The zero-order chi connectivity index (χ0) is 10.0. The van der Waals surface area contributed by atoms with Crippen LogP contribution in [-0.2, 0) is 4.79 Å². The molecule has 5 heteroatoms. The maximum Gasteiger partial charge on any atom is 0.221 e. The predicted octanol–water partition coefficient (Wildman–Crippen LogP) is 1.59. The van der Waals surface area contributed by atoms with E-state index in [2.05, 4.69) is 5.32 Å². The molecule has 0 aliphatic carbocycles. The molecule has 13 heavy (non-hydrogen) atoms. The summed E-state index contributed by atoms with van der Waals surface area (Å²) in [6.45, 7) is 1.33. The van der Waals surface area contributed by atoms with Crippen molar-refractivity contribution in [1.82, 2.24) is 0 Å². The van der Waals surface area contributed by atoms with Gasteiger partial charge in [0.1, 0.15) is 0 Å². The van der Waals surface area contributed by atoms with Crippen LogP contribution in [0.1, 0.15) is 6.92 Å². The lowest BCUT2D eigenvalue weighted by atomic mass is 10.2. The molecule has 4 nitrogen and oxygen atoms in total. The average Bonchev–Trinajstić information content (AvgIpc) is 1.98. The Morgan fingerprint density at radius 2 is 2.23 bits per heavy atom. The van der Waals surface area contributed by atoms with Gasteiger partial charge in [0.15, 0.2) is 5.75 Å². The van der Waals surface area contributed by atoms with Gasteiger partial charge in [0.25, 0.3) is 0 Å². The molecule has 70 valence electrons. The van der Waals surface area contributed by atoms with Crippen molar-refractivity contribution < 1.29 is 9.90 Å². The van der Waals surface area contributed by atoms with Crippen molar-refractivity contribution in [2.75, 3.05) is 11.1 Å². The minimum Gasteiger partial charge on any atom is -0.504 e. The van der Waals surface area contributed by atoms with Crippen LogP contribution in [-0.4, -0.2) is 11.0 Å². The van der Waals surface area contributed by atoms with Crippen molar-refractivity contribution in [1.29, 1.82) is 0 Å². The van der Waals surface area contributed by atoms with E-state index in [1.807, 2.05) is 0 Å². The highest BCUT2D eigenvalue weighted by Gasteiger charge is 2.07. The van der Waals surface area contributed by atoms with Crippen molar-refractivity contribution in [2.45, 2.75) is 6.92 Å². The summed E-state index contributed by atoms with van der Waals surface area (Å²) in [5.74, 6) is -0.469. The third-order valence-corrected chi connectivity index (χ3v) is 1.68. The number of nitrogen functional groups attached to an aromatic ring is 1. The maximum atomic E-state index is 10.7. The van der Waals surface area contributed by atoms with Gasteiger partial charge < -0.3 is 16.2 Å². The van der Waals surface area contributed by atoms with Crippen LogP contribution in [0.3, 0.4) is 0 Å². The molecule has 0 radical (unpaired) electrons. The van der Waals surface area contributed by atoms with Gasteiger partial charge in [0.2, 0.25) is 5.91 Å². The maximum absolute atomic E-state index is 10.7. The van der Waals surface area contributed by atoms with Gasteiger partial charge in [-0.05, 0) is 12.1 Å². The number of aromatic hydroxyl groups is 1. The van der Waals surface area contributed by atoms with E-state index in [0.29, 0.717) is 5.69 Å². The van der Waals surface area contributed by atoms with Crippen molar-refractivity contribution in [3.63, 3.8) is 0 Å². The molecule has 0 aromatic heterocycles. The summed E-state index contributed by atoms with van der Waals surface area (Å²) in [6, 6.07) is 2.84. The quantitative estimate of drug-likeness (QED) is 0.366. The molecule has 0 saturated heterocycles. The minimum atomic E-state index is -0.294. The van der Waals surface area contributed by atoms with Crippen LogP contribution in [0.2, 0.25) is 5.02 Å². The minimum absolute atomic E-state index is 0.115. The first-order valence-corrected chi connectivity index (χ1v) is 3.94. The van der Waals surface area contributed by atoms with Gasteiger partial charge in [0.05, 0.1) is 10.7 Å². The SMILES string of the molecule is CC(=O)Nc1cc(N)cc(Cl)c1O. The van der Waals surface area contributed by atoms with E-state index in [1.165, 1.54) is 19.1 Å². The van der Waals surface area contributed by atoms with Crippen molar-refractivity contribution in [3.8, 4) is 5.75 Å². The van der Waals surface area contributed by atoms with Crippen LogP contribution in [0, 0.1) is 0 Å². The molecule has 0 atom stereocenters. The van der Waals surface area contributed by atoms with Crippen molar-refractivity contribution in [2.24, 2.45) is 0 Å².